The Morgan fingerprint density at radius 1 is 1.16 bits per heavy atom. The lowest BCUT2D eigenvalue weighted by molar-refractivity contribution is -0.137. The maximum Gasteiger partial charge on any atom is 0.416 e. The molecule has 0 amide bonds. The maximum absolute atomic E-state index is 13.2. The molecule has 0 radical (unpaired) electrons. The lowest BCUT2D eigenvalue weighted by atomic mass is 9.73. The molecule has 1 aromatic carbocycles. The zero-order valence-electron chi connectivity index (χ0n) is 14.2. The molecule has 1 saturated carbocycles. The Morgan fingerprint density at radius 3 is 2.68 bits per heavy atom. The first-order chi connectivity index (χ1) is 12.0. The molecule has 1 fully saturated rings. The second-order valence-corrected chi connectivity index (χ2v) is 7.41. The second kappa shape index (κ2) is 6.20. The Morgan fingerprint density at radius 2 is 2.00 bits per heavy atom. The number of allylic oxidation sites excluding steroid dienone is 3. The third kappa shape index (κ3) is 2.99. The van der Waals surface area contributed by atoms with Crippen LogP contribution in [0.25, 0.3) is 0 Å². The highest BCUT2D eigenvalue weighted by molar-refractivity contribution is 5.59. The van der Waals surface area contributed by atoms with Gasteiger partial charge < -0.3 is 10.6 Å². The molecule has 0 bridgehead atoms. The van der Waals surface area contributed by atoms with E-state index in [4.69, 9.17) is 0 Å². The van der Waals surface area contributed by atoms with E-state index in [-0.39, 0.29) is 12.0 Å². The van der Waals surface area contributed by atoms with Gasteiger partial charge in [-0.25, -0.2) is 0 Å². The van der Waals surface area contributed by atoms with Crippen LogP contribution in [0.4, 0.5) is 18.9 Å². The van der Waals surface area contributed by atoms with Crippen LogP contribution in [-0.4, -0.2) is 19.1 Å². The lowest BCUT2D eigenvalue weighted by Crippen LogP contribution is -2.41. The van der Waals surface area contributed by atoms with Crippen molar-refractivity contribution in [3.8, 4) is 0 Å². The number of benzene rings is 1. The van der Waals surface area contributed by atoms with Crippen molar-refractivity contribution in [3.63, 3.8) is 0 Å². The molecule has 2 nitrogen and oxygen atoms in total. The molecule has 5 atom stereocenters. The van der Waals surface area contributed by atoms with Crippen LogP contribution in [0.2, 0.25) is 0 Å². The van der Waals surface area contributed by atoms with Crippen molar-refractivity contribution in [2.45, 2.75) is 43.4 Å². The van der Waals surface area contributed by atoms with Gasteiger partial charge in [0.15, 0.2) is 0 Å². The standard InChI is InChI=1S/C20H23F3N2/c1-24-14-10-15-16-9-13(20(21,22)23)7-8-18(16)25-19(17(15)11-14)12-5-3-2-4-6-12/h2-5,7-9,12,14-15,17,19,24-25H,6,10-11H2,1H3/t12?,14-,15+,17+,19-/m0/s1. The minimum atomic E-state index is -4.29. The Labute approximate surface area is 146 Å². The molecule has 1 aliphatic heterocycles. The first kappa shape index (κ1) is 16.7. The van der Waals surface area contributed by atoms with Crippen molar-refractivity contribution in [2.75, 3.05) is 12.4 Å². The number of hydrogen-bond donors (Lipinski definition) is 2. The first-order valence-corrected chi connectivity index (χ1v) is 8.95. The SMILES string of the molecule is CN[C@@H]1C[C@@H]2[C@H](C1)c1cc(C(F)(F)F)ccc1N[C@H]2C1C=CC=CC1. The van der Waals surface area contributed by atoms with Crippen LogP contribution in [0.1, 0.15) is 36.3 Å². The Kier molecular flexibility index (Phi) is 4.14. The number of alkyl halides is 3. The fourth-order valence-corrected chi connectivity index (χ4v) is 4.81. The van der Waals surface area contributed by atoms with Gasteiger partial charge in [0, 0.05) is 23.7 Å². The molecule has 3 aliphatic rings. The van der Waals surface area contributed by atoms with Gasteiger partial charge in [0.2, 0.25) is 0 Å². The maximum atomic E-state index is 13.2. The molecule has 134 valence electrons. The summed E-state index contributed by atoms with van der Waals surface area (Å²) in [6.45, 7) is 0. The lowest BCUT2D eigenvalue weighted by Gasteiger charge is -2.41. The van der Waals surface area contributed by atoms with Crippen LogP contribution in [0.15, 0.2) is 42.5 Å². The molecular weight excluding hydrogens is 325 g/mol. The molecule has 2 N–H and O–H groups in total. The minimum Gasteiger partial charge on any atom is -0.381 e. The summed E-state index contributed by atoms with van der Waals surface area (Å²) in [5, 5.41) is 6.92. The van der Waals surface area contributed by atoms with Crippen molar-refractivity contribution >= 4 is 5.69 Å². The predicted molar refractivity (Wildman–Crippen MR) is 93.6 cm³/mol. The monoisotopic (exact) mass is 348 g/mol. The van der Waals surface area contributed by atoms with E-state index in [2.05, 4.69) is 34.9 Å². The molecule has 1 aromatic rings. The van der Waals surface area contributed by atoms with Gasteiger partial charge in [-0.05, 0) is 61.9 Å². The molecule has 4 rings (SSSR count). The van der Waals surface area contributed by atoms with E-state index >= 15 is 0 Å². The van der Waals surface area contributed by atoms with E-state index in [0.717, 1.165) is 30.5 Å². The zero-order valence-corrected chi connectivity index (χ0v) is 14.2. The second-order valence-electron chi connectivity index (χ2n) is 7.41. The normalized spacial score (nSPS) is 33.7. The van der Waals surface area contributed by atoms with E-state index in [0.29, 0.717) is 17.9 Å². The summed E-state index contributed by atoms with van der Waals surface area (Å²) >= 11 is 0. The molecule has 0 spiro atoms. The summed E-state index contributed by atoms with van der Waals surface area (Å²) in [4.78, 5) is 0. The van der Waals surface area contributed by atoms with Gasteiger partial charge in [0.1, 0.15) is 0 Å². The summed E-state index contributed by atoms with van der Waals surface area (Å²) in [7, 11) is 1.95. The topological polar surface area (TPSA) is 24.1 Å². The number of anilines is 1. The van der Waals surface area contributed by atoms with Crippen molar-refractivity contribution in [1.29, 1.82) is 0 Å². The summed E-state index contributed by atoms with van der Waals surface area (Å²) in [5.41, 5.74) is 1.17. The molecule has 0 saturated heterocycles. The molecule has 1 heterocycles. The number of nitrogens with one attached hydrogen (secondary N) is 2. The zero-order chi connectivity index (χ0) is 17.6. The van der Waals surface area contributed by atoms with Gasteiger partial charge >= 0.3 is 6.18 Å². The number of fused-ring (bicyclic) bond motifs is 3. The first-order valence-electron chi connectivity index (χ1n) is 8.95. The van der Waals surface area contributed by atoms with Gasteiger partial charge in [-0.1, -0.05) is 24.3 Å². The fraction of sp³-hybridized carbons (Fsp3) is 0.500. The van der Waals surface area contributed by atoms with Crippen molar-refractivity contribution in [1.82, 2.24) is 5.32 Å². The average molecular weight is 348 g/mol. The Balaban J connectivity index is 1.72. The van der Waals surface area contributed by atoms with E-state index in [9.17, 15) is 13.2 Å². The molecule has 0 aromatic heterocycles. The molecule has 25 heavy (non-hydrogen) atoms. The molecule has 1 unspecified atom stereocenters. The van der Waals surface area contributed by atoms with Crippen molar-refractivity contribution in [3.05, 3.63) is 53.6 Å². The summed E-state index contributed by atoms with van der Waals surface area (Å²) < 4.78 is 39.5. The smallest absolute Gasteiger partial charge is 0.381 e. The highest BCUT2D eigenvalue weighted by Crippen LogP contribution is 2.51. The molecule has 5 heteroatoms. The van der Waals surface area contributed by atoms with Gasteiger partial charge in [0.05, 0.1) is 5.56 Å². The third-order valence-corrected chi connectivity index (χ3v) is 6.06. The van der Waals surface area contributed by atoms with Crippen LogP contribution < -0.4 is 10.6 Å². The third-order valence-electron chi connectivity index (χ3n) is 6.06. The van der Waals surface area contributed by atoms with Gasteiger partial charge in [0.25, 0.3) is 0 Å². The van der Waals surface area contributed by atoms with Crippen LogP contribution in [-0.2, 0) is 6.18 Å². The van der Waals surface area contributed by atoms with Crippen molar-refractivity contribution < 1.29 is 13.2 Å². The van der Waals surface area contributed by atoms with Crippen LogP contribution in [0, 0.1) is 11.8 Å². The Bertz CT molecular complexity index is 707. The molecule has 2 aliphatic carbocycles. The highest BCUT2D eigenvalue weighted by atomic mass is 19.4. The highest BCUT2D eigenvalue weighted by Gasteiger charge is 2.46. The van der Waals surface area contributed by atoms with E-state index in [1.165, 1.54) is 12.1 Å². The van der Waals surface area contributed by atoms with Gasteiger partial charge in [-0.2, -0.15) is 13.2 Å². The van der Waals surface area contributed by atoms with Crippen LogP contribution in [0.3, 0.4) is 0 Å². The van der Waals surface area contributed by atoms with Crippen LogP contribution >= 0.6 is 0 Å². The predicted octanol–water partition coefficient (Wildman–Crippen LogP) is 4.71. The summed E-state index contributed by atoms with van der Waals surface area (Å²) in [6.07, 6.45) is 7.15. The number of hydrogen-bond acceptors (Lipinski definition) is 2. The van der Waals surface area contributed by atoms with Gasteiger partial charge in [-0.3, -0.25) is 0 Å². The Hall–Kier alpha value is -1.75. The summed E-state index contributed by atoms with van der Waals surface area (Å²) in [5.74, 6) is 0.929. The average Bonchev–Trinajstić information content (AvgIpc) is 3.05. The summed E-state index contributed by atoms with van der Waals surface area (Å²) in [6, 6.07) is 4.82. The largest absolute Gasteiger partial charge is 0.416 e. The minimum absolute atomic E-state index is 0.181. The number of rotatable bonds is 2. The fourth-order valence-electron chi connectivity index (χ4n) is 4.81. The number of halogens is 3. The van der Waals surface area contributed by atoms with Crippen LogP contribution in [0.5, 0.6) is 0 Å². The van der Waals surface area contributed by atoms with Crippen molar-refractivity contribution in [2.24, 2.45) is 11.8 Å². The van der Waals surface area contributed by atoms with Gasteiger partial charge in [-0.15, -0.1) is 0 Å². The molecular formula is C20H23F3N2. The van der Waals surface area contributed by atoms with E-state index in [1.54, 1.807) is 6.07 Å². The van der Waals surface area contributed by atoms with E-state index in [1.807, 2.05) is 7.05 Å². The van der Waals surface area contributed by atoms with E-state index < -0.39 is 11.7 Å². The quantitative estimate of drug-likeness (QED) is 0.809.